The Morgan fingerprint density at radius 3 is 2.08 bits per heavy atom. The molecule has 1 saturated heterocycles. The second-order valence-corrected chi connectivity index (χ2v) is 8.06. The fourth-order valence-electron chi connectivity index (χ4n) is 3.75. The van der Waals surface area contributed by atoms with E-state index < -0.39 is 5.41 Å². The smallest absolute Gasteiger partial charge is 0.232 e. The highest BCUT2D eigenvalue weighted by Gasteiger charge is 2.38. The number of halogens is 1. The van der Waals surface area contributed by atoms with Crippen molar-refractivity contribution >= 4 is 24.2 Å². The Hall–Kier alpha value is -1.59. The van der Waals surface area contributed by atoms with Crippen molar-refractivity contribution in [2.24, 2.45) is 5.73 Å². The summed E-state index contributed by atoms with van der Waals surface area (Å²) in [6.45, 7) is 6.34. The van der Waals surface area contributed by atoms with Crippen molar-refractivity contribution in [3.63, 3.8) is 0 Å². The lowest BCUT2D eigenvalue weighted by molar-refractivity contribution is -0.143. The molecule has 0 aromatic heterocycles. The fraction of sp³-hybridized carbons (Fsp3) is 0.600. The van der Waals surface area contributed by atoms with E-state index in [0.29, 0.717) is 32.6 Å². The van der Waals surface area contributed by atoms with Crippen LogP contribution >= 0.6 is 12.4 Å². The number of nitrogens with two attached hydrogens (primary N) is 1. The highest BCUT2D eigenvalue weighted by molar-refractivity contribution is 5.87. The van der Waals surface area contributed by atoms with Gasteiger partial charge in [0.2, 0.25) is 11.8 Å². The van der Waals surface area contributed by atoms with Crippen LogP contribution in [-0.2, 0) is 15.0 Å². The summed E-state index contributed by atoms with van der Waals surface area (Å²) in [5.41, 5.74) is 6.38. The molecule has 1 aliphatic heterocycles. The molecule has 0 spiro atoms. The predicted molar refractivity (Wildman–Crippen MR) is 105 cm³/mol. The van der Waals surface area contributed by atoms with Gasteiger partial charge >= 0.3 is 0 Å². The minimum Gasteiger partial charge on any atom is -0.339 e. The quantitative estimate of drug-likeness (QED) is 0.873. The molecule has 0 bridgehead atoms. The first-order valence-electron chi connectivity index (χ1n) is 9.23. The number of amides is 2. The first kappa shape index (κ1) is 20.7. The molecule has 1 aromatic carbocycles. The van der Waals surface area contributed by atoms with Crippen molar-refractivity contribution in [1.29, 1.82) is 0 Å². The van der Waals surface area contributed by atoms with Crippen LogP contribution in [0.25, 0.3) is 0 Å². The lowest BCUT2D eigenvalue weighted by Crippen LogP contribution is -2.56. The van der Waals surface area contributed by atoms with E-state index in [1.165, 1.54) is 0 Å². The van der Waals surface area contributed by atoms with Gasteiger partial charge in [0.1, 0.15) is 0 Å². The highest BCUT2D eigenvalue weighted by atomic mass is 35.5. The highest BCUT2D eigenvalue weighted by Crippen LogP contribution is 2.33. The molecule has 3 rings (SSSR count). The largest absolute Gasteiger partial charge is 0.339 e. The summed E-state index contributed by atoms with van der Waals surface area (Å²) in [7, 11) is 0. The third-order valence-corrected chi connectivity index (χ3v) is 5.80. The Morgan fingerprint density at radius 1 is 1.04 bits per heavy atom. The van der Waals surface area contributed by atoms with Crippen LogP contribution in [-0.4, -0.2) is 53.3 Å². The van der Waals surface area contributed by atoms with Crippen LogP contribution in [0.4, 0.5) is 0 Å². The second kappa shape index (κ2) is 7.97. The van der Waals surface area contributed by atoms with Crippen LogP contribution in [0, 0.1) is 0 Å². The molecule has 0 radical (unpaired) electrons. The van der Waals surface area contributed by atoms with Gasteiger partial charge in [-0.2, -0.15) is 0 Å². The molecular weight excluding hydrogens is 350 g/mol. The predicted octanol–water partition coefficient (Wildman–Crippen LogP) is 2.33. The Morgan fingerprint density at radius 2 is 1.58 bits per heavy atom. The Balaban J connectivity index is 0.00000243. The molecule has 0 atom stereocenters. The number of piperazine rings is 1. The van der Waals surface area contributed by atoms with Crippen LogP contribution in [0.1, 0.15) is 45.1 Å². The van der Waals surface area contributed by atoms with Crippen molar-refractivity contribution in [2.75, 3.05) is 26.2 Å². The number of benzene rings is 1. The van der Waals surface area contributed by atoms with Gasteiger partial charge in [-0.3, -0.25) is 9.59 Å². The zero-order valence-corrected chi connectivity index (χ0v) is 16.6. The topological polar surface area (TPSA) is 66.6 Å². The van der Waals surface area contributed by atoms with Crippen LogP contribution < -0.4 is 5.73 Å². The molecule has 0 unspecified atom stereocenters. The maximum atomic E-state index is 13.0. The lowest BCUT2D eigenvalue weighted by atomic mass is 9.75. The van der Waals surface area contributed by atoms with Crippen molar-refractivity contribution < 1.29 is 9.59 Å². The van der Waals surface area contributed by atoms with Crippen molar-refractivity contribution in [1.82, 2.24) is 9.80 Å². The van der Waals surface area contributed by atoms with Crippen molar-refractivity contribution in [2.45, 2.75) is 50.5 Å². The molecule has 2 aliphatic rings. The standard InChI is InChI=1S/C20H29N3O2.ClH/c1-19(2,16-7-4-3-5-8-16)18(25)23-13-11-22(12-14-23)17(24)15-20(21)9-6-10-20;/h3-5,7-8H,6,9-15,21H2,1-2H3;1H. The van der Waals surface area contributed by atoms with E-state index in [9.17, 15) is 9.59 Å². The zero-order chi connectivity index (χ0) is 18.1. The lowest BCUT2D eigenvalue weighted by Gasteiger charge is -2.42. The van der Waals surface area contributed by atoms with E-state index >= 15 is 0 Å². The number of carbonyl (C=O) groups excluding carboxylic acids is 2. The van der Waals surface area contributed by atoms with Gasteiger partial charge < -0.3 is 15.5 Å². The Bertz CT molecular complexity index is 636. The minimum atomic E-state index is -0.555. The number of rotatable bonds is 4. The maximum Gasteiger partial charge on any atom is 0.232 e. The van der Waals surface area contributed by atoms with Gasteiger partial charge in [0.25, 0.3) is 0 Å². The van der Waals surface area contributed by atoms with Gasteiger partial charge in [0.05, 0.1) is 5.41 Å². The van der Waals surface area contributed by atoms with Crippen molar-refractivity contribution in [3.05, 3.63) is 35.9 Å². The van der Waals surface area contributed by atoms with Gasteiger partial charge in [-0.25, -0.2) is 0 Å². The van der Waals surface area contributed by atoms with E-state index in [2.05, 4.69) is 0 Å². The van der Waals surface area contributed by atoms with Gasteiger partial charge in [0, 0.05) is 38.1 Å². The van der Waals surface area contributed by atoms with Gasteiger partial charge in [-0.1, -0.05) is 30.3 Å². The number of hydrogen-bond donors (Lipinski definition) is 1. The summed E-state index contributed by atoms with van der Waals surface area (Å²) in [5, 5.41) is 0. The van der Waals surface area contributed by atoms with Crippen LogP contribution in [0.15, 0.2) is 30.3 Å². The minimum absolute atomic E-state index is 0. The third kappa shape index (κ3) is 4.21. The molecule has 1 aliphatic carbocycles. The van der Waals surface area contributed by atoms with Gasteiger partial charge in [-0.05, 0) is 38.7 Å². The summed E-state index contributed by atoms with van der Waals surface area (Å²) < 4.78 is 0. The number of hydrogen-bond acceptors (Lipinski definition) is 3. The normalized spacial score (nSPS) is 19.3. The third-order valence-electron chi connectivity index (χ3n) is 5.80. The molecule has 5 nitrogen and oxygen atoms in total. The van der Waals surface area contributed by atoms with Crippen LogP contribution in [0.5, 0.6) is 0 Å². The van der Waals surface area contributed by atoms with Crippen molar-refractivity contribution in [3.8, 4) is 0 Å². The van der Waals surface area contributed by atoms with Gasteiger partial charge in [0.15, 0.2) is 0 Å². The summed E-state index contributed by atoms with van der Waals surface area (Å²) in [6, 6.07) is 9.88. The fourth-order valence-corrected chi connectivity index (χ4v) is 3.75. The molecule has 2 amide bonds. The number of nitrogens with zero attached hydrogens (tertiary/aromatic N) is 2. The van der Waals surface area contributed by atoms with Crippen LogP contribution in [0.2, 0.25) is 0 Å². The molecule has 26 heavy (non-hydrogen) atoms. The summed E-state index contributed by atoms with van der Waals surface area (Å²) in [6.07, 6.45) is 3.46. The van der Waals surface area contributed by atoms with Gasteiger partial charge in [-0.15, -0.1) is 12.4 Å². The van der Waals surface area contributed by atoms with E-state index in [0.717, 1.165) is 24.8 Å². The molecule has 2 N–H and O–H groups in total. The summed E-state index contributed by atoms with van der Waals surface area (Å²) in [5.74, 6) is 0.261. The average Bonchev–Trinajstić information content (AvgIpc) is 2.60. The molecular formula is C20H30ClN3O2. The molecule has 2 fully saturated rings. The molecule has 1 aromatic rings. The first-order chi connectivity index (χ1) is 11.8. The second-order valence-electron chi connectivity index (χ2n) is 8.06. The maximum absolute atomic E-state index is 13.0. The van der Waals surface area contributed by atoms with E-state index in [1.807, 2.05) is 54.0 Å². The van der Waals surface area contributed by atoms with E-state index in [1.54, 1.807) is 0 Å². The van der Waals surface area contributed by atoms with E-state index in [4.69, 9.17) is 5.73 Å². The monoisotopic (exact) mass is 379 g/mol. The van der Waals surface area contributed by atoms with Crippen LogP contribution in [0.3, 0.4) is 0 Å². The molecule has 1 saturated carbocycles. The molecule has 1 heterocycles. The average molecular weight is 380 g/mol. The first-order valence-corrected chi connectivity index (χ1v) is 9.23. The summed E-state index contributed by atoms with van der Waals surface area (Å²) >= 11 is 0. The Kier molecular flexibility index (Phi) is 6.35. The van der Waals surface area contributed by atoms with E-state index in [-0.39, 0.29) is 29.8 Å². The molecule has 144 valence electrons. The zero-order valence-electron chi connectivity index (χ0n) is 15.7. The SMILES string of the molecule is CC(C)(C(=O)N1CCN(C(=O)CC2(N)CCC2)CC1)c1ccccc1.Cl. The molecule has 6 heteroatoms. The number of carbonyl (C=O) groups is 2. The summed E-state index contributed by atoms with van der Waals surface area (Å²) in [4.78, 5) is 29.2. The Labute approximate surface area is 162 Å².